The number of hydrogen-bond donors (Lipinski definition) is 4. The molecule has 1 aliphatic heterocycles. The van der Waals surface area contributed by atoms with Gasteiger partial charge in [0.2, 0.25) is 11.8 Å². The Morgan fingerprint density at radius 2 is 2.06 bits per heavy atom. The molecule has 0 saturated carbocycles. The second kappa shape index (κ2) is 10.3. The molecule has 9 heteroatoms. The number of carbonyl (C=O) groups excluding carboxylic acids is 4. The van der Waals surface area contributed by atoms with Gasteiger partial charge in [0.1, 0.15) is 23.8 Å². The SMILES string of the molecule is COc1cccc2[nH]c(C(=O)NC(CC(C)C)C(=O)NC(C=O)CC3CCNC3=O)cc12. The van der Waals surface area contributed by atoms with Crippen molar-refractivity contribution in [2.24, 2.45) is 11.8 Å². The number of amides is 3. The fraction of sp³-hybridized carbons (Fsp3) is 0.478. The number of aldehydes is 1. The van der Waals surface area contributed by atoms with Crippen molar-refractivity contribution in [3.8, 4) is 5.75 Å². The first-order chi connectivity index (χ1) is 15.3. The predicted octanol–water partition coefficient (Wildman–Crippen LogP) is 1.53. The van der Waals surface area contributed by atoms with Crippen LogP contribution in [-0.2, 0) is 14.4 Å². The molecule has 0 spiro atoms. The second-order valence-electron chi connectivity index (χ2n) is 8.52. The Morgan fingerprint density at radius 1 is 1.28 bits per heavy atom. The highest BCUT2D eigenvalue weighted by atomic mass is 16.5. The van der Waals surface area contributed by atoms with Crippen LogP contribution < -0.4 is 20.7 Å². The number of aromatic amines is 1. The molecular weight excluding hydrogens is 412 g/mol. The predicted molar refractivity (Wildman–Crippen MR) is 119 cm³/mol. The molecule has 9 nitrogen and oxygen atoms in total. The van der Waals surface area contributed by atoms with Gasteiger partial charge >= 0.3 is 0 Å². The van der Waals surface area contributed by atoms with Crippen LogP contribution >= 0.6 is 0 Å². The normalized spacial score (nSPS) is 17.6. The fourth-order valence-electron chi connectivity index (χ4n) is 3.97. The quantitative estimate of drug-likeness (QED) is 0.415. The smallest absolute Gasteiger partial charge is 0.268 e. The monoisotopic (exact) mass is 442 g/mol. The van der Waals surface area contributed by atoms with E-state index in [0.29, 0.717) is 37.1 Å². The Labute approximate surface area is 186 Å². The van der Waals surface area contributed by atoms with E-state index in [1.807, 2.05) is 26.0 Å². The first-order valence-corrected chi connectivity index (χ1v) is 10.8. The van der Waals surface area contributed by atoms with E-state index in [0.717, 1.165) is 10.9 Å². The number of aromatic nitrogens is 1. The molecule has 0 aliphatic carbocycles. The lowest BCUT2D eigenvalue weighted by molar-refractivity contribution is -0.127. The van der Waals surface area contributed by atoms with Gasteiger partial charge in [-0.15, -0.1) is 0 Å². The van der Waals surface area contributed by atoms with Crippen molar-refractivity contribution in [3.63, 3.8) is 0 Å². The van der Waals surface area contributed by atoms with Crippen LogP contribution in [0.5, 0.6) is 5.75 Å². The number of benzene rings is 1. The van der Waals surface area contributed by atoms with Gasteiger partial charge in [-0.25, -0.2) is 0 Å². The summed E-state index contributed by atoms with van der Waals surface area (Å²) in [5, 5.41) is 8.96. The summed E-state index contributed by atoms with van der Waals surface area (Å²) in [5.41, 5.74) is 1.05. The number of hydrogen-bond acceptors (Lipinski definition) is 5. The molecule has 32 heavy (non-hydrogen) atoms. The van der Waals surface area contributed by atoms with Gasteiger partial charge in [-0.2, -0.15) is 0 Å². The largest absolute Gasteiger partial charge is 0.496 e. The Balaban J connectivity index is 1.71. The zero-order valence-electron chi connectivity index (χ0n) is 18.6. The van der Waals surface area contributed by atoms with Crippen molar-refractivity contribution in [1.29, 1.82) is 0 Å². The van der Waals surface area contributed by atoms with Gasteiger partial charge in [-0.3, -0.25) is 14.4 Å². The number of rotatable bonds is 10. The van der Waals surface area contributed by atoms with Gasteiger partial charge in [-0.1, -0.05) is 19.9 Å². The van der Waals surface area contributed by atoms with Crippen molar-refractivity contribution in [3.05, 3.63) is 30.0 Å². The Kier molecular flexibility index (Phi) is 7.50. The molecular formula is C23H30N4O5. The van der Waals surface area contributed by atoms with Gasteiger partial charge in [0.25, 0.3) is 5.91 Å². The third-order valence-corrected chi connectivity index (χ3v) is 5.61. The minimum atomic E-state index is -0.823. The molecule has 1 aromatic carbocycles. The van der Waals surface area contributed by atoms with Crippen LogP contribution in [-0.4, -0.2) is 54.7 Å². The van der Waals surface area contributed by atoms with E-state index in [1.165, 1.54) is 0 Å². The highest BCUT2D eigenvalue weighted by molar-refractivity contribution is 6.01. The van der Waals surface area contributed by atoms with Gasteiger partial charge < -0.3 is 30.5 Å². The molecule has 1 aromatic heterocycles. The molecule has 3 rings (SSSR count). The average Bonchev–Trinajstić information content (AvgIpc) is 3.38. The van der Waals surface area contributed by atoms with Crippen molar-refractivity contribution in [2.45, 2.75) is 45.2 Å². The highest BCUT2D eigenvalue weighted by Gasteiger charge is 2.30. The molecule has 2 aromatic rings. The summed E-state index contributed by atoms with van der Waals surface area (Å²) in [6.07, 6.45) is 1.92. The van der Waals surface area contributed by atoms with E-state index >= 15 is 0 Å². The average molecular weight is 443 g/mol. The van der Waals surface area contributed by atoms with Gasteiger partial charge in [-0.05, 0) is 43.4 Å². The molecule has 172 valence electrons. The lowest BCUT2D eigenvalue weighted by Crippen LogP contribution is -2.51. The van der Waals surface area contributed by atoms with Crippen LogP contribution in [0.15, 0.2) is 24.3 Å². The first-order valence-electron chi connectivity index (χ1n) is 10.8. The topological polar surface area (TPSA) is 129 Å². The summed E-state index contributed by atoms with van der Waals surface area (Å²) in [6.45, 7) is 4.46. The molecule has 3 unspecified atom stereocenters. The molecule has 4 N–H and O–H groups in total. The van der Waals surface area contributed by atoms with E-state index in [2.05, 4.69) is 20.9 Å². The summed E-state index contributed by atoms with van der Waals surface area (Å²) in [5.74, 6) is -0.515. The van der Waals surface area contributed by atoms with E-state index in [-0.39, 0.29) is 24.2 Å². The minimum absolute atomic E-state index is 0.104. The number of H-pyrrole nitrogens is 1. The zero-order valence-corrected chi connectivity index (χ0v) is 18.6. The second-order valence-corrected chi connectivity index (χ2v) is 8.52. The van der Waals surface area contributed by atoms with Gasteiger partial charge in [0.05, 0.1) is 13.2 Å². The molecule has 2 heterocycles. The van der Waals surface area contributed by atoms with Crippen molar-refractivity contribution < 1.29 is 23.9 Å². The first kappa shape index (κ1) is 23.3. The van der Waals surface area contributed by atoms with Crippen molar-refractivity contribution in [2.75, 3.05) is 13.7 Å². The Morgan fingerprint density at radius 3 is 2.69 bits per heavy atom. The Bertz CT molecular complexity index is 999. The zero-order chi connectivity index (χ0) is 23.3. The lowest BCUT2D eigenvalue weighted by atomic mass is 9.98. The van der Waals surface area contributed by atoms with Gasteiger partial charge in [0, 0.05) is 23.4 Å². The van der Waals surface area contributed by atoms with E-state index < -0.39 is 23.9 Å². The maximum atomic E-state index is 12.9. The standard InChI is InChI=1S/C23H30N4O5/c1-13(2)9-18(22(30)25-15(12-28)10-14-7-8-24-21(14)29)27-23(31)19-11-16-17(26-19)5-4-6-20(16)32-3/h4-6,11-15,18,26H,7-10H2,1-3H3,(H,24,29)(H,25,30)(H,27,31). The molecule has 1 saturated heterocycles. The van der Waals surface area contributed by atoms with Crippen molar-refractivity contribution in [1.82, 2.24) is 20.9 Å². The molecule has 0 bridgehead atoms. The third-order valence-electron chi connectivity index (χ3n) is 5.61. The maximum Gasteiger partial charge on any atom is 0.268 e. The van der Waals surface area contributed by atoms with Crippen LogP contribution in [0.1, 0.15) is 43.6 Å². The van der Waals surface area contributed by atoms with Crippen molar-refractivity contribution >= 4 is 34.9 Å². The minimum Gasteiger partial charge on any atom is -0.496 e. The summed E-state index contributed by atoms with van der Waals surface area (Å²) < 4.78 is 5.33. The third kappa shape index (κ3) is 5.46. The summed E-state index contributed by atoms with van der Waals surface area (Å²) in [7, 11) is 1.56. The number of ether oxygens (including phenoxy) is 1. The van der Waals surface area contributed by atoms with Crippen LogP contribution in [0.3, 0.4) is 0 Å². The molecule has 0 radical (unpaired) electrons. The van der Waals surface area contributed by atoms with E-state index in [1.54, 1.807) is 19.2 Å². The fourth-order valence-corrected chi connectivity index (χ4v) is 3.97. The number of carbonyl (C=O) groups is 4. The molecule has 1 fully saturated rings. The molecule has 3 amide bonds. The highest BCUT2D eigenvalue weighted by Crippen LogP contribution is 2.26. The number of methoxy groups -OCH3 is 1. The van der Waals surface area contributed by atoms with Crippen LogP contribution in [0.25, 0.3) is 10.9 Å². The van der Waals surface area contributed by atoms with E-state index in [9.17, 15) is 19.2 Å². The molecule has 3 atom stereocenters. The number of nitrogens with one attached hydrogen (secondary N) is 4. The Hall–Kier alpha value is -3.36. The van der Waals surface area contributed by atoms with Crippen LogP contribution in [0, 0.1) is 11.8 Å². The maximum absolute atomic E-state index is 12.9. The lowest BCUT2D eigenvalue weighted by Gasteiger charge is -2.23. The van der Waals surface area contributed by atoms with E-state index in [4.69, 9.17) is 4.74 Å². The summed E-state index contributed by atoms with van der Waals surface area (Å²) >= 11 is 0. The molecule has 1 aliphatic rings. The van der Waals surface area contributed by atoms with Gasteiger partial charge in [0.15, 0.2) is 0 Å². The summed E-state index contributed by atoms with van der Waals surface area (Å²) in [4.78, 5) is 52.2. The number of fused-ring (bicyclic) bond motifs is 1. The summed E-state index contributed by atoms with van der Waals surface area (Å²) in [6, 6.07) is 5.52. The van der Waals surface area contributed by atoms with Crippen LogP contribution in [0.2, 0.25) is 0 Å². The van der Waals surface area contributed by atoms with Crippen LogP contribution in [0.4, 0.5) is 0 Å².